The molecule has 2 rings (SSSR count). The zero-order valence-corrected chi connectivity index (χ0v) is 12.7. The molecule has 6 heteroatoms. The van der Waals surface area contributed by atoms with E-state index in [0.29, 0.717) is 26.4 Å². The molecule has 0 unspecified atom stereocenters. The number of benzene rings is 1. The maximum Gasteiger partial charge on any atom is 0.168 e. The van der Waals surface area contributed by atoms with Crippen molar-refractivity contribution in [3.8, 4) is 0 Å². The van der Waals surface area contributed by atoms with Gasteiger partial charge in [-0.1, -0.05) is 17.7 Å². The molecule has 0 N–H and O–H groups in total. The number of aromatic nitrogens is 2. The van der Waals surface area contributed by atoms with Crippen LogP contribution in [0.5, 0.6) is 0 Å². The fraction of sp³-hybridized carbons (Fsp3) is 0.231. The summed E-state index contributed by atoms with van der Waals surface area (Å²) in [6.45, 7) is 1.77. The van der Waals surface area contributed by atoms with Crippen molar-refractivity contribution in [1.29, 1.82) is 0 Å². The van der Waals surface area contributed by atoms with Crippen molar-refractivity contribution in [3.05, 3.63) is 50.5 Å². The van der Waals surface area contributed by atoms with E-state index >= 15 is 0 Å². The molecule has 0 amide bonds. The van der Waals surface area contributed by atoms with Gasteiger partial charge in [-0.05, 0) is 35.0 Å². The van der Waals surface area contributed by atoms with Crippen molar-refractivity contribution in [2.24, 2.45) is 7.05 Å². The Hall–Kier alpha value is -1.20. The first-order valence-corrected chi connectivity index (χ1v) is 6.73. The standard InChI is InChI=1S/C13H11BrClFN2O/c1-7-13(15)11(18(2)17-7)6-12(19)8-3-4-9(14)10(16)5-8/h3-5H,6H2,1-2H3. The number of halogens is 3. The second-order valence-electron chi connectivity index (χ2n) is 4.20. The van der Waals surface area contributed by atoms with Gasteiger partial charge in [0.25, 0.3) is 0 Å². The van der Waals surface area contributed by atoms with E-state index in [1.54, 1.807) is 24.7 Å². The summed E-state index contributed by atoms with van der Waals surface area (Å²) in [6.07, 6.45) is 0.0945. The van der Waals surface area contributed by atoms with E-state index in [1.807, 2.05) is 0 Å². The van der Waals surface area contributed by atoms with Crippen LogP contribution in [0.2, 0.25) is 5.02 Å². The van der Waals surface area contributed by atoms with Gasteiger partial charge >= 0.3 is 0 Å². The molecule has 100 valence electrons. The van der Waals surface area contributed by atoms with Gasteiger partial charge in [-0.15, -0.1) is 0 Å². The van der Waals surface area contributed by atoms with E-state index in [9.17, 15) is 9.18 Å². The Morgan fingerprint density at radius 1 is 1.53 bits per heavy atom. The summed E-state index contributed by atoms with van der Waals surface area (Å²) in [5, 5.41) is 4.62. The van der Waals surface area contributed by atoms with Crippen molar-refractivity contribution in [3.63, 3.8) is 0 Å². The molecule has 0 saturated heterocycles. The molecule has 0 radical (unpaired) electrons. The molecular weight excluding hydrogens is 335 g/mol. The second kappa shape index (κ2) is 5.43. The lowest BCUT2D eigenvalue weighted by atomic mass is 10.1. The number of hydrogen-bond acceptors (Lipinski definition) is 2. The average Bonchev–Trinajstić information content (AvgIpc) is 2.59. The summed E-state index contributed by atoms with van der Waals surface area (Å²) < 4.78 is 15.3. The third-order valence-electron chi connectivity index (χ3n) is 2.83. The fourth-order valence-electron chi connectivity index (χ4n) is 1.80. The number of nitrogens with zero attached hydrogens (tertiary/aromatic N) is 2. The molecule has 0 aliphatic carbocycles. The maximum absolute atomic E-state index is 13.4. The Labute approximate surface area is 123 Å². The molecular formula is C13H11BrClFN2O. The number of aryl methyl sites for hydroxylation is 2. The van der Waals surface area contributed by atoms with Crippen molar-refractivity contribution >= 4 is 33.3 Å². The minimum absolute atomic E-state index is 0.0945. The number of carbonyl (C=O) groups excluding carboxylic acids is 1. The molecule has 0 saturated carbocycles. The number of Topliss-reactive ketones (excluding diaryl/α,β-unsaturated/α-hetero) is 1. The highest BCUT2D eigenvalue weighted by molar-refractivity contribution is 9.10. The molecule has 3 nitrogen and oxygen atoms in total. The van der Waals surface area contributed by atoms with Crippen LogP contribution in [-0.2, 0) is 13.5 Å². The Kier molecular flexibility index (Phi) is 4.06. The van der Waals surface area contributed by atoms with Gasteiger partial charge in [0.05, 0.1) is 27.3 Å². The molecule has 2 aromatic rings. The summed E-state index contributed by atoms with van der Waals surface area (Å²) in [6, 6.07) is 4.30. The Morgan fingerprint density at radius 2 is 2.21 bits per heavy atom. The van der Waals surface area contributed by atoms with Crippen molar-refractivity contribution in [2.45, 2.75) is 13.3 Å². The first-order valence-electron chi connectivity index (χ1n) is 5.56. The van der Waals surface area contributed by atoms with Gasteiger partial charge in [-0.3, -0.25) is 9.48 Å². The third kappa shape index (κ3) is 2.87. The quantitative estimate of drug-likeness (QED) is 0.795. The van der Waals surface area contributed by atoms with Crippen molar-refractivity contribution in [2.75, 3.05) is 0 Å². The highest BCUT2D eigenvalue weighted by atomic mass is 79.9. The van der Waals surface area contributed by atoms with Crippen LogP contribution in [0.1, 0.15) is 21.7 Å². The number of ketones is 1. The SMILES string of the molecule is Cc1nn(C)c(CC(=O)c2ccc(Br)c(F)c2)c1Cl. The lowest BCUT2D eigenvalue weighted by Gasteiger charge is -2.04. The van der Waals surface area contributed by atoms with E-state index in [-0.39, 0.29) is 12.2 Å². The normalized spacial score (nSPS) is 10.8. The summed E-state index contributed by atoms with van der Waals surface area (Å²) in [5.74, 6) is -0.658. The van der Waals surface area contributed by atoms with Crippen molar-refractivity contribution < 1.29 is 9.18 Å². The van der Waals surface area contributed by atoms with Crippen LogP contribution >= 0.6 is 27.5 Å². The van der Waals surface area contributed by atoms with Gasteiger partial charge in [0.15, 0.2) is 5.78 Å². The number of rotatable bonds is 3. The van der Waals surface area contributed by atoms with Gasteiger partial charge in [-0.2, -0.15) is 5.10 Å². The highest BCUT2D eigenvalue weighted by Gasteiger charge is 2.16. The predicted molar refractivity (Wildman–Crippen MR) is 75.1 cm³/mol. The third-order valence-corrected chi connectivity index (χ3v) is 3.97. The van der Waals surface area contributed by atoms with E-state index < -0.39 is 5.82 Å². The van der Waals surface area contributed by atoms with Gasteiger partial charge in [0.2, 0.25) is 0 Å². The van der Waals surface area contributed by atoms with Crippen molar-refractivity contribution in [1.82, 2.24) is 9.78 Å². The number of carbonyl (C=O) groups is 1. The Balaban J connectivity index is 2.28. The largest absolute Gasteiger partial charge is 0.294 e. The lowest BCUT2D eigenvalue weighted by Crippen LogP contribution is -2.08. The minimum atomic E-state index is -0.460. The van der Waals surface area contributed by atoms with Crippen LogP contribution in [0.3, 0.4) is 0 Å². The topological polar surface area (TPSA) is 34.9 Å². The van der Waals surface area contributed by atoms with Gasteiger partial charge in [-0.25, -0.2) is 4.39 Å². The van der Waals surface area contributed by atoms with E-state index in [1.165, 1.54) is 12.1 Å². The predicted octanol–water partition coefficient (Wildman–Crippen LogP) is 3.71. The fourth-order valence-corrected chi connectivity index (χ4v) is 2.27. The van der Waals surface area contributed by atoms with Gasteiger partial charge in [0.1, 0.15) is 5.82 Å². The van der Waals surface area contributed by atoms with Crippen LogP contribution in [0.25, 0.3) is 0 Å². The zero-order valence-electron chi connectivity index (χ0n) is 10.4. The minimum Gasteiger partial charge on any atom is -0.294 e. The zero-order chi connectivity index (χ0) is 14.2. The maximum atomic E-state index is 13.4. The van der Waals surface area contributed by atoms with E-state index in [2.05, 4.69) is 21.0 Å². The summed E-state index contributed by atoms with van der Waals surface area (Å²) >= 11 is 9.14. The summed E-state index contributed by atoms with van der Waals surface area (Å²) in [7, 11) is 1.73. The average molecular weight is 346 g/mol. The Morgan fingerprint density at radius 3 is 2.74 bits per heavy atom. The Bertz CT molecular complexity index is 654. The molecule has 1 aromatic heterocycles. The monoisotopic (exact) mass is 344 g/mol. The van der Waals surface area contributed by atoms with Crippen LogP contribution < -0.4 is 0 Å². The molecule has 1 heterocycles. The molecule has 0 bridgehead atoms. The van der Waals surface area contributed by atoms with Crippen LogP contribution in [0.15, 0.2) is 22.7 Å². The van der Waals surface area contributed by atoms with Gasteiger partial charge < -0.3 is 0 Å². The van der Waals surface area contributed by atoms with Crippen LogP contribution in [0.4, 0.5) is 4.39 Å². The molecule has 0 aliphatic heterocycles. The summed E-state index contributed by atoms with van der Waals surface area (Å²) in [4.78, 5) is 12.1. The second-order valence-corrected chi connectivity index (χ2v) is 5.43. The highest BCUT2D eigenvalue weighted by Crippen LogP contribution is 2.22. The smallest absolute Gasteiger partial charge is 0.168 e. The van der Waals surface area contributed by atoms with E-state index in [0.717, 1.165) is 0 Å². The molecule has 0 fully saturated rings. The van der Waals surface area contributed by atoms with E-state index in [4.69, 9.17) is 11.6 Å². The lowest BCUT2D eigenvalue weighted by molar-refractivity contribution is 0.0990. The molecule has 1 aromatic carbocycles. The molecule has 0 aliphatic rings. The van der Waals surface area contributed by atoms with Gasteiger partial charge in [0, 0.05) is 12.6 Å². The number of hydrogen-bond donors (Lipinski definition) is 0. The molecule has 0 atom stereocenters. The first kappa shape index (κ1) is 14.2. The summed E-state index contributed by atoms with van der Waals surface area (Å²) in [5.41, 5.74) is 1.62. The first-order chi connectivity index (χ1) is 8.90. The van der Waals surface area contributed by atoms with Crippen LogP contribution in [-0.4, -0.2) is 15.6 Å². The molecule has 0 spiro atoms. The van der Waals surface area contributed by atoms with Crippen LogP contribution in [0, 0.1) is 12.7 Å². The molecule has 19 heavy (non-hydrogen) atoms.